The zero-order valence-corrected chi connectivity index (χ0v) is 11.8. The second-order valence-corrected chi connectivity index (χ2v) is 4.79. The van der Waals surface area contributed by atoms with E-state index in [-0.39, 0.29) is 6.42 Å². The summed E-state index contributed by atoms with van der Waals surface area (Å²) in [7, 11) is 0. The Hall–Kier alpha value is -1.47. The Morgan fingerprint density at radius 3 is 2.58 bits per heavy atom. The average Bonchev–Trinajstić information content (AvgIpc) is 2.86. The summed E-state index contributed by atoms with van der Waals surface area (Å²) in [6.45, 7) is 4.99. The lowest BCUT2D eigenvalue weighted by Crippen LogP contribution is -2.11. The Balaban J connectivity index is 2.46. The monoisotopic (exact) mass is 265 g/mol. The second kappa shape index (κ2) is 8.60. The molecule has 1 atom stereocenters. The van der Waals surface area contributed by atoms with Crippen molar-refractivity contribution in [1.29, 1.82) is 5.26 Å². The molecule has 1 aromatic heterocycles. The van der Waals surface area contributed by atoms with Gasteiger partial charge in [-0.2, -0.15) is 5.26 Å². The first-order valence-electron chi connectivity index (χ1n) is 6.98. The fourth-order valence-electron chi connectivity index (χ4n) is 2.11. The first-order chi connectivity index (χ1) is 9.21. The zero-order chi connectivity index (χ0) is 14.1. The van der Waals surface area contributed by atoms with E-state index in [1.54, 1.807) is 12.1 Å². The van der Waals surface area contributed by atoms with Crippen molar-refractivity contribution in [3.63, 3.8) is 0 Å². The van der Waals surface area contributed by atoms with Gasteiger partial charge in [0.05, 0.1) is 19.1 Å². The molecular weight excluding hydrogens is 242 g/mol. The van der Waals surface area contributed by atoms with Crippen LogP contribution in [0.5, 0.6) is 5.95 Å². The predicted octanol–water partition coefficient (Wildman–Crippen LogP) is 3.82. The van der Waals surface area contributed by atoms with Gasteiger partial charge >= 0.3 is 0 Å². The summed E-state index contributed by atoms with van der Waals surface area (Å²) < 4.78 is 11.0. The van der Waals surface area contributed by atoms with Crippen molar-refractivity contribution in [1.82, 2.24) is 0 Å². The Morgan fingerprint density at radius 1 is 1.32 bits per heavy atom. The largest absolute Gasteiger partial charge is 0.465 e. The molecule has 0 aliphatic heterocycles. The molecule has 0 saturated heterocycles. The van der Waals surface area contributed by atoms with Crippen molar-refractivity contribution in [2.24, 2.45) is 5.92 Å². The van der Waals surface area contributed by atoms with E-state index in [4.69, 9.17) is 14.4 Å². The molecule has 0 aliphatic carbocycles. The standard InChI is InChI=1S/C15H23NO3/c1-3-5-12(6-4-2)11-18-15-8-7-14(19-15)13(17)9-10-16/h7-8,12-13,17H,3-6,9,11H2,1-2H3/t13-/m1/s1. The van der Waals surface area contributed by atoms with E-state index in [9.17, 15) is 5.11 Å². The molecule has 1 heterocycles. The quantitative estimate of drug-likeness (QED) is 0.737. The van der Waals surface area contributed by atoms with Crippen LogP contribution >= 0.6 is 0 Å². The van der Waals surface area contributed by atoms with Crippen LogP contribution in [0.1, 0.15) is 57.8 Å². The van der Waals surface area contributed by atoms with E-state index in [0.717, 1.165) is 25.7 Å². The van der Waals surface area contributed by atoms with Gasteiger partial charge in [-0.1, -0.05) is 26.7 Å². The molecular formula is C15H23NO3. The highest BCUT2D eigenvalue weighted by Gasteiger charge is 2.14. The SMILES string of the molecule is CCCC(CCC)COc1ccc([C@H](O)CC#N)o1. The van der Waals surface area contributed by atoms with Crippen molar-refractivity contribution in [2.75, 3.05) is 6.61 Å². The Morgan fingerprint density at radius 2 is 2.00 bits per heavy atom. The predicted molar refractivity (Wildman–Crippen MR) is 72.7 cm³/mol. The Labute approximate surface area is 115 Å². The van der Waals surface area contributed by atoms with Crippen molar-refractivity contribution >= 4 is 0 Å². The third kappa shape index (κ3) is 5.35. The highest BCUT2D eigenvalue weighted by atomic mass is 16.6. The van der Waals surface area contributed by atoms with Crippen molar-refractivity contribution in [2.45, 2.75) is 52.1 Å². The maximum Gasteiger partial charge on any atom is 0.284 e. The summed E-state index contributed by atoms with van der Waals surface area (Å²) in [6, 6.07) is 5.27. The lowest BCUT2D eigenvalue weighted by molar-refractivity contribution is 0.133. The molecule has 0 aromatic carbocycles. The van der Waals surface area contributed by atoms with E-state index in [2.05, 4.69) is 13.8 Å². The second-order valence-electron chi connectivity index (χ2n) is 4.79. The molecule has 19 heavy (non-hydrogen) atoms. The summed E-state index contributed by atoms with van der Waals surface area (Å²) in [5.41, 5.74) is 0. The van der Waals surface area contributed by atoms with Crippen LogP contribution in [-0.2, 0) is 0 Å². The molecule has 4 heteroatoms. The van der Waals surface area contributed by atoms with E-state index < -0.39 is 6.10 Å². The molecule has 0 unspecified atom stereocenters. The fourth-order valence-corrected chi connectivity index (χ4v) is 2.11. The van der Waals surface area contributed by atoms with Crippen LogP contribution < -0.4 is 4.74 Å². The number of aliphatic hydroxyl groups excluding tert-OH is 1. The van der Waals surface area contributed by atoms with Gasteiger partial charge in [0.15, 0.2) is 0 Å². The molecule has 0 fully saturated rings. The van der Waals surface area contributed by atoms with Gasteiger partial charge in [0.1, 0.15) is 11.9 Å². The average molecular weight is 265 g/mol. The molecule has 0 amide bonds. The number of hydrogen-bond acceptors (Lipinski definition) is 4. The molecule has 0 saturated carbocycles. The van der Waals surface area contributed by atoms with Gasteiger partial charge in [0.25, 0.3) is 5.95 Å². The van der Waals surface area contributed by atoms with E-state index in [1.165, 1.54) is 0 Å². The van der Waals surface area contributed by atoms with E-state index in [1.807, 2.05) is 6.07 Å². The topological polar surface area (TPSA) is 66.4 Å². The van der Waals surface area contributed by atoms with Crippen LogP contribution in [-0.4, -0.2) is 11.7 Å². The molecule has 106 valence electrons. The molecule has 1 aromatic rings. The van der Waals surface area contributed by atoms with Gasteiger partial charge in [0, 0.05) is 6.07 Å². The van der Waals surface area contributed by atoms with Gasteiger partial charge < -0.3 is 14.3 Å². The highest BCUT2D eigenvalue weighted by molar-refractivity contribution is 5.14. The number of aliphatic hydroxyl groups is 1. The molecule has 1 N–H and O–H groups in total. The summed E-state index contributed by atoms with van der Waals surface area (Å²) in [4.78, 5) is 0. The number of nitrogens with zero attached hydrogens (tertiary/aromatic N) is 1. The summed E-state index contributed by atoms with van der Waals surface area (Å²) in [5.74, 6) is 1.36. The smallest absolute Gasteiger partial charge is 0.284 e. The molecule has 0 spiro atoms. The lowest BCUT2D eigenvalue weighted by atomic mass is 9.99. The Bertz CT molecular complexity index is 388. The van der Waals surface area contributed by atoms with Crippen molar-refractivity contribution in [3.05, 3.63) is 17.9 Å². The minimum Gasteiger partial charge on any atom is -0.465 e. The molecule has 0 aliphatic rings. The van der Waals surface area contributed by atoms with Crippen molar-refractivity contribution in [3.8, 4) is 12.0 Å². The number of ether oxygens (including phenoxy) is 1. The first kappa shape index (κ1) is 15.6. The van der Waals surface area contributed by atoms with Crippen LogP contribution in [0.15, 0.2) is 16.5 Å². The van der Waals surface area contributed by atoms with Gasteiger partial charge in [0.2, 0.25) is 0 Å². The molecule has 0 radical (unpaired) electrons. The van der Waals surface area contributed by atoms with E-state index >= 15 is 0 Å². The molecule has 4 nitrogen and oxygen atoms in total. The van der Waals surface area contributed by atoms with Crippen LogP contribution in [0.4, 0.5) is 0 Å². The number of hydrogen-bond donors (Lipinski definition) is 1. The normalized spacial score (nSPS) is 12.4. The van der Waals surface area contributed by atoms with Gasteiger partial charge in [-0.15, -0.1) is 0 Å². The van der Waals surface area contributed by atoms with E-state index in [0.29, 0.717) is 24.2 Å². The maximum atomic E-state index is 9.61. The summed E-state index contributed by atoms with van der Waals surface area (Å²) in [5, 5.41) is 18.1. The minimum atomic E-state index is -0.871. The zero-order valence-electron chi connectivity index (χ0n) is 11.8. The first-order valence-corrected chi connectivity index (χ1v) is 6.98. The third-order valence-electron chi connectivity index (χ3n) is 3.07. The summed E-state index contributed by atoms with van der Waals surface area (Å²) >= 11 is 0. The summed E-state index contributed by atoms with van der Waals surface area (Å²) in [6.07, 6.45) is 3.76. The van der Waals surface area contributed by atoms with Crippen LogP contribution in [0.2, 0.25) is 0 Å². The maximum absolute atomic E-state index is 9.61. The number of nitriles is 1. The van der Waals surface area contributed by atoms with Crippen LogP contribution in [0.3, 0.4) is 0 Å². The fraction of sp³-hybridized carbons (Fsp3) is 0.667. The lowest BCUT2D eigenvalue weighted by Gasteiger charge is -2.14. The van der Waals surface area contributed by atoms with Crippen LogP contribution in [0, 0.1) is 17.2 Å². The molecule has 1 rings (SSSR count). The van der Waals surface area contributed by atoms with Gasteiger partial charge in [-0.25, -0.2) is 0 Å². The van der Waals surface area contributed by atoms with Gasteiger partial charge in [-0.05, 0) is 24.8 Å². The number of rotatable bonds is 9. The van der Waals surface area contributed by atoms with Crippen LogP contribution in [0.25, 0.3) is 0 Å². The highest BCUT2D eigenvalue weighted by Crippen LogP contribution is 2.24. The minimum absolute atomic E-state index is 0.0290. The third-order valence-corrected chi connectivity index (χ3v) is 3.07. The Kier molecular flexibility index (Phi) is 7.06. The van der Waals surface area contributed by atoms with Gasteiger partial charge in [-0.3, -0.25) is 0 Å². The number of furan rings is 1. The van der Waals surface area contributed by atoms with Crippen molar-refractivity contribution < 1.29 is 14.3 Å². The molecule has 0 bridgehead atoms.